The predicted octanol–water partition coefficient (Wildman–Crippen LogP) is 3.05. The Morgan fingerprint density at radius 2 is 1.84 bits per heavy atom. The number of hydrogen-bond acceptors (Lipinski definition) is 8. The zero-order valence-corrected chi connectivity index (χ0v) is 18.1. The molecule has 0 radical (unpaired) electrons. The van der Waals surface area contributed by atoms with Crippen LogP contribution in [0.5, 0.6) is 5.75 Å². The number of tetrazole rings is 1. The van der Waals surface area contributed by atoms with Crippen molar-refractivity contribution in [2.45, 2.75) is 18.0 Å². The molecule has 4 rings (SSSR count). The van der Waals surface area contributed by atoms with E-state index in [2.05, 4.69) is 20.8 Å². The lowest BCUT2D eigenvalue weighted by Crippen LogP contribution is -2.38. The SMILES string of the molecule is COc1ccc([C@H]2C(C)=Nc3ccccc3N=C2NC(=O)CSc2nnnn2C)cc1. The smallest absolute Gasteiger partial charge is 0.235 e. The number of amides is 1. The Hall–Kier alpha value is -3.53. The number of benzene rings is 2. The number of para-hydroxylation sites is 2. The molecular formula is C21H21N7O2S. The lowest BCUT2D eigenvalue weighted by Gasteiger charge is -2.19. The van der Waals surface area contributed by atoms with E-state index >= 15 is 0 Å². The molecule has 1 N–H and O–H groups in total. The maximum absolute atomic E-state index is 12.8. The molecular weight excluding hydrogens is 414 g/mol. The maximum atomic E-state index is 12.8. The van der Waals surface area contributed by atoms with Crippen LogP contribution in [0.2, 0.25) is 0 Å². The normalized spacial score (nSPS) is 15.4. The van der Waals surface area contributed by atoms with E-state index in [0.29, 0.717) is 16.7 Å². The minimum Gasteiger partial charge on any atom is -0.497 e. The summed E-state index contributed by atoms with van der Waals surface area (Å²) in [7, 11) is 3.35. The zero-order valence-electron chi connectivity index (χ0n) is 17.3. The second-order valence-electron chi connectivity index (χ2n) is 6.87. The number of aryl methyl sites for hydroxylation is 1. The van der Waals surface area contributed by atoms with Crippen molar-refractivity contribution >= 4 is 40.6 Å². The Bertz CT molecular complexity index is 1150. The molecule has 1 aliphatic rings. The molecule has 3 aromatic rings. The van der Waals surface area contributed by atoms with E-state index in [9.17, 15) is 4.79 Å². The molecule has 1 atom stereocenters. The molecule has 9 nitrogen and oxygen atoms in total. The van der Waals surface area contributed by atoms with E-state index in [-0.39, 0.29) is 17.6 Å². The van der Waals surface area contributed by atoms with Crippen LogP contribution < -0.4 is 10.1 Å². The molecule has 0 saturated carbocycles. The van der Waals surface area contributed by atoms with Gasteiger partial charge in [0.15, 0.2) is 0 Å². The maximum Gasteiger partial charge on any atom is 0.235 e. The van der Waals surface area contributed by atoms with Crippen LogP contribution in [0, 0.1) is 0 Å². The number of nitrogens with one attached hydrogen (secondary N) is 1. The highest BCUT2D eigenvalue weighted by Crippen LogP contribution is 2.34. The molecule has 0 aliphatic carbocycles. The Morgan fingerprint density at radius 3 is 2.48 bits per heavy atom. The van der Waals surface area contributed by atoms with Gasteiger partial charge in [-0.3, -0.25) is 9.79 Å². The molecule has 0 spiro atoms. The first-order chi connectivity index (χ1) is 15.0. The molecule has 158 valence electrons. The first-order valence-corrected chi connectivity index (χ1v) is 10.6. The number of carbonyl (C=O) groups is 1. The number of nitrogens with zero attached hydrogens (tertiary/aromatic N) is 6. The van der Waals surface area contributed by atoms with Crippen molar-refractivity contribution in [1.29, 1.82) is 0 Å². The summed E-state index contributed by atoms with van der Waals surface area (Å²) in [6, 6.07) is 15.3. The largest absolute Gasteiger partial charge is 0.497 e. The first-order valence-electron chi connectivity index (χ1n) is 9.57. The van der Waals surface area contributed by atoms with Crippen LogP contribution in [0.25, 0.3) is 0 Å². The van der Waals surface area contributed by atoms with Gasteiger partial charge in [0, 0.05) is 12.8 Å². The third kappa shape index (κ3) is 4.64. The molecule has 10 heteroatoms. The summed E-state index contributed by atoms with van der Waals surface area (Å²) >= 11 is 1.26. The summed E-state index contributed by atoms with van der Waals surface area (Å²) in [6.45, 7) is 1.94. The number of ether oxygens (including phenoxy) is 1. The average molecular weight is 436 g/mol. The van der Waals surface area contributed by atoms with Crippen LogP contribution in [-0.4, -0.2) is 50.5 Å². The summed E-state index contributed by atoms with van der Waals surface area (Å²) in [5.74, 6) is 0.936. The number of fused-ring (bicyclic) bond motifs is 1. The lowest BCUT2D eigenvalue weighted by molar-refractivity contribution is -0.117. The number of rotatable bonds is 5. The number of hydrogen-bond donors (Lipinski definition) is 1. The third-order valence-corrected chi connectivity index (χ3v) is 5.75. The monoisotopic (exact) mass is 435 g/mol. The Kier molecular flexibility index (Phi) is 6.08. The highest BCUT2D eigenvalue weighted by molar-refractivity contribution is 7.99. The van der Waals surface area contributed by atoms with E-state index in [0.717, 1.165) is 22.7 Å². The molecule has 2 aromatic carbocycles. The van der Waals surface area contributed by atoms with Gasteiger partial charge in [0.1, 0.15) is 11.6 Å². The van der Waals surface area contributed by atoms with Crippen LogP contribution in [-0.2, 0) is 11.8 Å². The van der Waals surface area contributed by atoms with E-state index in [1.165, 1.54) is 16.4 Å². The van der Waals surface area contributed by atoms with Crippen molar-refractivity contribution < 1.29 is 9.53 Å². The number of aromatic nitrogens is 4. The van der Waals surface area contributed by atoms with Gasteiger partial charge >= 0.3 is 0 Å². The minimum atomic E-state index is -0.302. The topological polar surface area (TPSA) is 107 Å². The standard InChI is InChI=1S/C21H21N7O2S/c1-13-19(14-8-10-15(30-3)11-9-14)20(23-17-7-5-4-6-16(17)22-13)24-18(29)12-31-21-25-26-27-28(21)2/h4-11,19H,12H2,1-3H3,(H,23,24,29)/t19-/m1/s1. The predicted molar refractivity (Wildman–Crippen MR) is 120 cm³/mol. The molecule has 0 saturated heterocycles. The molecule has 0 bridgehead atoms. The first kappa shape index (κ1) is 20.7. The summed E-state index contributed by atoms with van der Waals surface area (Å²) in [6.07, 6.45) is 0. The van der Waals surface area contributed by atoms with Crippen molar-refractivity contribution in [3.8, 4) is 5.75 Å². The van der Waals surface area contributed by atoms with Gasteiger partial charge in [0.2, 0.25) is 11.1 Å². The highest BCUT2D eigenvalue weighted by Gasteiger charge is 2.26. The molecule has 0 fully saturated rings. The molecule has 1 amide bonds. The van der Waals surface area contributed by atoms with E-state index in [1.54, 1.807) is 14.2 Å². The van der Waals surface area contributed by atoms with Crippen molar-refractivity contribution in [1.82, 2.24) is 25.5 Å². The van der Waals surface area contributed by atoms with Gasteiger partial charge in [-0.1, -0.05) is 36.0 Å². The average Bonchev–Trinajstić information content (AvgIpc) is 3.12. The van der Waals surface area contributed by atoms with Gasteiger partial charge in [-0.15, -0.1) is 5.10 Å². The minimum absolute atomic E-state index is 0.153. The summed E-state index contributed by atoms with van der Waals surface area (Å²) in [5.41, 5.74) is 3.26. The van der Waals surface area contributed by atoms with Crippen molar-refractivity contribution in [2.24, 2.45) is 17.0 Å². The fraction of sp³-hybridized carbons (Fsp3) is 0.238. The van der Waals surface area contributed by atoms with Crippen LogP contribution in [0.3, 0.4) is 0 Å². The fourth-order valence-corrected chi connectivity index (χ4v) is 3.90. The van der Waals surface area contributed by atoms with Crippen molar-refractivity contribution in [2.75, 3.05) is 12.9 Å². The van der Waals surface area contributed by atoms with E-state index in [4.69, 9.17) is 14.7 Å². The number of carbonyl (C=O) groups excluding carboxylic acids is 1. The van der Waals surface area contributed by atoms with Crippen LogP contribution in [0.4, 0.5) is 11.4 Å². The Morgan fingerprint density at radius 1 is 1.13 bits per heavy atom. The Balaban J connectivity index is 1.64. The summed E-state index contributed by atoms with van der Waals surface area (Å²) in [5, 5.41) is 14.8. The van der Waals surface area contributed by atoms with Crippen LogP contribution >= 0.6 is 11.8 Å². The lowest BCUT2D eigenvalue weighted by atomic mass is 9.93. The number of methoxy groups -OCH3 is 1. The molecule has 1 aromatic heterocycles. The number of thioether (sulfide) groups is 1. The second kappa shape index (κ2) is 9.09. The Labute approximate surface area is 183 Å². The van der Waals surface area contributed by atoms with Gasteiger partial charge in [-0.25, -0.2) is 9.67 Å². The van der Waals surface area contributed by atoms with E-state index < -0.39 is 0 Å². The van der Waals surface area contributed by atoms with Crippen molar-refractivity contribution in [3.05, 3.63) is 54.1 Å². The number of amidine groups is 1. The molecule has 0 unspecified atom stereocenters. The third-order valence-electron chi connectivity index (χ3n) is 4.74. The second-order valence-corrected chi connectivity index (χ2v) is 7.81. The fourth-order valence-electron chi connectivity index (χ4n) is 3.25. The van der Waals surface area contributed by atoms with Crippen LogP contribution in [0.1, 0.15) is 18.4 Å². The van der Waals surface area contributed by atoms with Gasteiger partial charge in [0.25, 0.3) is 0 Å². The van der Waals surface area contributed by atoms with Gasteiger partial charge in [-0.2, -0.15) is 0 Å². The van der Waals surface area contributed by atoms with Gasteiger partial charge < -0.3 is 10.1 Å². The van der Waals surface area contributed by atoms with Crippen LogP contribution in [0.15, 0.2) is 63.7 Å². The van der Waals surface area contributed by atoms with E-state index in [1.807, 2.05) is 55.5 Å². The molecule has 2 heterocycles. The summed E-state index contributed by atoms with van der Waals surface area (Å²) < 4.78 is 6.80. The van der Waals surface area contributed by atoms with Crippen molar-refractivity contribution in [3.63, 3.8) is 0 Å². The molecule has 1 aliphatic heterocycles. The van der Waals surface area contributed by atoms with Gasteiger partial charge in [0.05, 0.1) is 30.2 Å². The highest BCUT2D eigenvalue weighted by atomic mass is 32.2. The zero-order chi connectivity index (χ0) is 21.8. The summed E-state index contributed by atoms with van der Waals surface area (Å²) in [4.78, 5) is 22.3. The number of aliphatic imine (C=N–C) groups is 2. The molecule has 31 heavy (non-hydrogen) atoms. The quantitative estimate of drug-likeness (QED) is 0.618. The van der Waals surface area contributed by atoms with Gasteiger partial charge in [-0.05, 0) is 47.2 Å².